The van der Waals surface area contributed by atoms with Crippen LogP contribution >= 0.6 is 11.6 Å². The molecule has 4 rings (SSSR count). The molecule has 1 saturated carbocycles. The van der Waals surface area contributed by atoms with Gasteiger partial charge >= 0.3 is 6.36 Å². The summed E-state index contributed by atoms with van der Waals surface area (Å²) in [6, 6.07) is 7.73. The van der Waals surface area contributed by atoms with Crippen LogP contribution in [-0.2, 0) is 9.53 Å². The summed E-state index contributed by atoms with van der Waals surface area (Å²) in [5.41, 5.74) is 1.37. The summed E-state index contributed by atoms with van der Waals surface area (Å²) in [6.45, 7) is 0. The molecule has 2 N–H and O–H groups in total. The Labute approximate surface area is 186 Å². The Kier molecular flexibility index (Phi) is 6.13. The third kappa shape index (κ3) is 4.73. The van der Waals surface area contributed by atoms with Crippen LogP contribution in [0.3, 0.4) is 0 Å². The number of hydrogen-bond acceptors (Lipinski definition) is 3. The SMILES string of the molecule is O=C1N[C@@H](c2cc(F)ccc2Cl)c2c(NC(=O)[C@H]3CCC[C@H](OC(F)(F)F)C3)cccc21. The molecule has 170 valence electrons. The van der Waals surface area contributed by atoms with E-state index >= 15 is 0 Å². The first-order valence-electron chi connectivity index (χ1n) is 10.1. The van der Waals surface area contributed by atoms with Gasteiger partial charge < -0.3 is 10.6 Å². The fourth-order valence-electron chi connectivity index (χ4n) is 4.35. The summed E-state index contributed by atoms with van der Waals surface area (Å²) in [4.78, 5) is 25.4. The highest BCUT2D eigenvalue weighted by molar-refractivity contribution is 6.31. The van der Waals surface area contributed by atoms with E-state index < -0.39 is 42.1 Å². The van der Waals surface area contributed by atoms with Gasteiger partial charge in [0.2, 0.25) is 5.91 Å². The number of anilines is 1. The van der Waals surface area contributed by atoms with E-state index in [4.69, 9.17) is 11.6 Å². The van der Waals surface area contributed by atoms with E-state index in [1.807, 2.05) is 0 Å². The molecule has 2 aromatic carbocycles. The number of halogens is 5. The summed E-state index contributed by atoms with van der Waals surface area (Å²) in [6.07, 6.45) is -4.82. The van der Waals surface area contributed by atoms with Crippen molar-refractivity contribution in [3.05, 3.63) is 63.9 Å². The Morgan fingerprint density at radius 3 is 2.72 bits per heavy atom. The van der Waals surface area contributed by atoms with Gasteiger partial charge in [0, 0.05) is 33.3 Å². The van der Waals surface area contributed by atoms with E-state index in [1.165, 1.54) is 18.2 Å². The summed E-state index contributed by atoms with van der Waals surface area (Å²) < 4.78 is 55.7. The maximum Gasteiger partial charge on any atom is 0.522 e. The molecule has 2 aliphatic rings. The number of carbonyl (C=O) groups is 2. The molecule has 2 amide bonds. The Hall–Kier alpha value is -2.65. The molecule has 3 atom stereocenters. The molecule has 1 aliphatic carbocycles. The van der Waals surface area contributed by atoms with Gasteiger partial charge in [-0.05, 0) is 49.6 Å². The number of ether oxygens (including phenoxy) is 1. The Morgan fingerprint density at radius 2 is 1.97 bits per heavy atom. The molecule has 5 nitrogen and oxygen atoms in total. The van der Waals surface area contributed by atoms with Crippen LogP contribution in [0, 0.1) is 11.7 Å². The summed E-state index contributed by atoms with van der Waals surface area (Å²) in [5.74, 6) is -2.07. The van der Waals surface area contributed by atoms with Crippen molar-refractivity contribution in [3.63, 3.8) is 0 Å². The van der Waals surface area contributed by atoms with Crippen LogP contribution in [0.1, 0.15) is 53.2 Å². The molecule has 0 radical (unpaired) electrons. The van der Waals surface area contributed by atoms with Crippen LogP contribution < -0.4 is 10.6 Å². The minimum Gasteiger partial charge on any atom is -0.341 e. The fraction of sp³-hybridized carbons (Fsp3) is 0.364. The van der Waals surface area contributed by atoms with Crippen molar-refractivity contribution in [1.29, 1.82) is 0 Å². The lowest BCUT2D eigenvalue weighted by Crippen LogP contribution is -2.34. The minimum atomic E-state index is -4.76. The second-order valence-corrected chi connectivity index (χ2v) is 8.28. The number of hydrogen-bond donors (Lipinski definition) is 2. The third-order valence-electron chi connectivity index (χ3n) is 5.74. The van der Waals surface area contributed by atoms with Crippen molar-refractivity contribution in [3.8, 4) is 0 Å². The molecular weight excluding hydrogens is 452 g/mol. The predicted molar refractivity (Wildman–Crippen MR) is 109 cm³/mol. The molecule has 2 aromatic rings. The Morgan fingerprint density at radius 1 is 1.19 bits per heavy atom. The molecule has 0 saturated heterocycles. The van der Waals surface area contributed by atoms with Gasteiger partial charge in [-0.1, -0.05) is 24.1 Å². The predicted octanol–water partition coefficient (Wildman–Crippen LogP) is 5.35. The lowest BCUT2D eigenvalue weighted by molar-refractivity contribution is -0.346. The van der Waals surface area contributed by atoms with Crippen LogP contribution in [0.4, 0.5) is 23.2 Å². The van der Waals surface area contributed by atoms with Crippen molar-refractivity contribution in [2.24, 2.45) is 5.92 Å². The maximum absolute atomic E-state index is 13.8. The van der Waals surface area contributed by atoms with Gasteiger partial charge in [-0.15, -0.1) is 13.2 Å². The third-order valence-corrected chi connectivity index (χ3v) is 6.08. The second kappa shape index (κ2) is 8.71. The topological polar surface area (TPSA) is 67.4 Å². The van der Waals surface area contributed by atoms with Crippen molar-refractivity contribution < 1.29 is 31.9 Å². The monoisotopic (exact) mass is 470 g/mol. The number of carbonyl (C=O) groups excluding carboxylic acids is 2. The first-order chi connectivity index (χ1) is 15.1. The largest absolute Gasteiger partial charge is 0.522 e. The van der Waals surface area contributed by atoms with E-state index in [0.717, 1.165) is 0 Å². The molecule has 0 unspecified atom stereocenters. The van der Waals surface area contributed by atoms with E-state index in [9.17, 15) is 27.2 Å². The van der Waals surface area contributed by atoms with Crippen LogP contribution in [-0.4, -0.2) is 24.3 Å². The van der Waals surface area contributed by atoms with Crippen LogP contribution in [0.25, 0.3) is 0 Å². The smallest absolute Gasteiger partial charge is 0.341 e. The van der Waals surface area contributed by atoms with Gasteiger partial charge in [-0.3, -0.25) is 14.3 Å². The summed E-state index contributed by atoms with van der Waals surface area (Å²) in [7, 11) is 0. The summed E-state index contributed by atoms with van der Waals surface area (Å²) in [5, 5.41) is 5.73. The lowest BCUT2D eigenvalue weighted by Gasteiger charge is -2.29. The zero-order valence-electron chi connectivity index (χ0n) is 16.6. The number of amides is 2. The average molecular weight is 471 g/mol. The van der Waals surface area contributed by atoms with Crippen molar-refractivity contribution in [1.82, 2.24) is 5.32 Å². The highest BCUT2D eigenvalue weighted by atomic mass is 35.5. The maximum atomic E-state index is 13.8. The van der Waals surface area contributed by atoms with Gasteiger partial charge in [0.15, 0.2) is 0 Å². The zero-order chi connectivity index (χ0) is 23.0. The standard InChI is InChI=1S/C22H19ClF4N2O3/c23-16-8-7-12(24)10-15(16)19-18-14(21(31)29-19)5-2-6-17(18)28-20(30)11-3-1-4-13(9-11)32-22(25,26)27/h2,5-8,10-11,13,19H,1,3-4,9H2,(H,28,30)(H,29,31)/t11-,13-,19-/m0/s1. The molecule has 1 aliphatic heterocycles. The lowest BCUT2D eigenvalue weighted by atomic mass is 9.86. The second-order valence-electron chi connectivity index (χ2n) is 7.88. The molecule has 1 fully saturated rings. The van der Waals surface area contributed by atoms with Gasteiger partial charge in [0.1, 0.15) is 5.82 Å². The molecule has 10 heteroatoms. The van der Waals surface area contributed by atoms with Gasteiger partial charge in [-0.2, -0.15) is 0 Å². The quantitative estimate of drug-likeness (QED) is 0.592. The van der Waals surface area contributed by atoms with Crippen molar-refractivity contribution >= 4 is 29.1 Å². The minimum absolute atomic E-state index is 0.0588. The normalized spacial score (nSPS) is 22.9. The number of nitrogens with one attached hydrogen (secondary N) is 2. The molecule has 32 heavy (non-hydrogen) atoms. The first kappa shape index (κ1) is 22.5. The van der Waals surface area contributed by atoms with Crippen LogP contribution in [0.5, 0.6) is 0 Å². The zero-order valence-corrected chi connectivity index (χ0v) is 17.4. The van der Waals surface area contributed by atoms with E-state index in [-0.39, 0.29) is 17.9 Å². The Balaban J connectivity index is 1.59. The van der Waals surface area contributed by atoms with E-state index in [2.05, 4.69) is 15.4 Å². The fourth-order valence-corrected chi connectivity index (χ4v) is 4.57. The van der Waals surface area contributed by atoms with E-state index in [1.54, 1.807) is 18.2 Å². The van der Waals surface area contributed by atoms with Gasteiger partial charge in [-0.25, -0.2) is 4.39 Å². The molecule has 0 spiro atoms. The number of alkyl halides is 3. The van der Waals surface area contributed by atoms with Gasteiger partial charge in [0.25, 0.3) is 5.91 Å². The number of benzene rings is 2. The molecule has 1 heterocycles. The Bertz CT molecular complexity index is 1060. The van der Waals surface area contributed by atoms with E-state index in [0.29, 0.717) is 35.2 Å². The van der Waals surface area contributed by atoms with Crippen molar-refractivity contribution in [2.45, 2.75) is 44.2 Å². The number of rotatable bonds is 4. The summed E-state index contributed by atoms with van der Waals surface area (Å²) >= 11 is 6.23. The molecular formula is C22H19ClF4N2O3. The number of fused-ring (bicyclic) bond motifs is 1. The van der Waals surface area contributed by atoms with Gasteiger partial charge in [0.05, 0.1) is 12.1 Å². The van der Waals surface area contributed by atoms with Crippen LogP contribution in [0.15, 0.2) is 36.4 Å². The molecule has 0 bridgehead atoms. The molecule has 0 aromatic heterocycles. The average Bonchev–Trinajstić information content (AvgIpc) is 3.06. The highest BCUT2D eigenvalue weighted by Gasteiger charge is 2.38. The first-order valence-corrected chi connectivity index (χ1v) is 10.4. The van der Waals surface area contributed by atoms with Crippen molar-refractivity contribution in [2.75, 3.05) is 5.32 Å². The van der Waals surface area contributed by atoms with Crippen LogP contribution in [0.2, 0.25) is 5.02 Å². The highest BCUT2D eigenvalue weighted by Crippen LogP contribution is 2.40.